The van der Waals surface area contributed by atoms with E-state index in [1.54, 1.807) is 0 Å². The summed E-state index contributed by atoms with van der Waals surface area (Å²) >= 11 is 1.51. The largest absolute Gasteiger partial charge is 0.478 e. The molecule has 0 amide bonds. The summed E-state index contributed by atoms with van der Waals surface area (Å²) in [5, 5.41) is 22.3. The Balaban J connectivity index is 2.75. The molecule has 0 fully saturated rings. The molecule has 0 unspecified atom stereocenters. The number of hydrogen-bond acceptors (Lipinski definition) is 6. The number of pyridine rings is 1. The average Bonchev–Trinajstić information content (AvgIpc) is 2.38. The molecule has 1 aromatic heterocycles. The Bertz CT molecular complexity index is 527. The predicted molar refractivity (Wildman–Crippen MR) is 72.5 cm³/mol. The van der Waals surface area contributed by atoms with Crippen molar-refractivity contribution in [2.24, 2.45) is 0 Å². The molecule has 1 aromatic rings. The summed E-state index contributed by atoms with van der Waals surface area (Å²) in [6.45, 7) is 0.470. The van der Waals surface area contributed by atoms with Gasteiger partial charge >= 0.3 is 5.97 Å². The van der Waals surface area contributed by atoms with Crippen molar-refractivity contribution in [3.8, 4) is 12.3 Å². The summed E-state index contributed by atoms with van der Waals surface area (Å²) in [6.07, 6.45) is 6.10. The van der Waals surface area contributed by atoms with Gasteiger partial charge in [-0.3, -0.25) is 10.1 Å². The lowest BCUT2D eigenvalue weighted by Gasteiger charge is -2.07. The Kier molecular flexibility index (Phi) is 5.63. The molecule has 2 N–H and O–H groups in total. The summed E-state index contributed by atoms with van der Waals surface area (Å²) in [7, 11) is 0. The van der Waals surface area contributed by atoms with E-state index in [1.807, 2.05) is 0 Å². The van der Waals surface area contributed by atoms with Crippen molar-refractivity contribution in [1.29, 1.82) is 0 Å². The standard InChI is InChI=1S/C11H11N3O4S/c1-2-4-19-5-3-12-10-9(11(15)16)6-8(7-13-10)14(17)18/h1,6-7H,3-5H2,(H,12,13)(H,15,16). The Labute approximate surface area is 113 Å². The molecule has 0 saturated heterocycles. The predicted octanol–water partition coefficient (Wildman–Crippen LogP) is 1.47. The summed E-state index contributed by atoms with van der Waals surface area (Å²) in [5.74, 6) is 2.56. The molecule has 8 heteroatoms. The van der Waals surface area contributed by atoms with Gasteiger partial charge in [-0.25, -0.2) is 9.78 Å². The van der Waals surface area contributed by atoms with Gasteiger partial charge in [-0.1, -0.05) is 5.92 Å². The fraction of sp³-hybridized carbons (Fsp3) is 0.273. The summed E-state index contributed by atoms with van der Waals surface area (Å²) in [4.78, 5) is 24.6. The van der Waals surface area contributed by atoms with Crippen LogP contribution in [0.5, 0.6) is 0 Å². The number of aromatic carboxylic acids is 1. The van der Waals surface area contributed by atoms with Crippen molar-refractivity contribution in [2.75, 3.05) is 23.4 Å². The number of nitrogens with one attached hydrogen (secondary N) is 1. The van der Waals surface area contributed by atoms with E-state index in [0.717, 1.165) is 12.3 Å². The number of terminal acetylenes is 1. The van der Waals surface area contributed by atoms with Crippen LogP contribution in [0.25, 0.3) is 0 Å². The second-order valence-corrected chi connectivity index (χ2v) is 4.44. The number of rotatable bonds is 7. The molecule has 19 heavy (non-hydrogen) atoms. The second kappa shape index (κ2) is 7.23. The van der Waals surface area contributed by atoms with Gasteiger partial charge in [-0.15, -0.1) is 18.2 Å². The first-order valence-corrected chi connectivity index (χ1v) is 6.34. The lowest BCUT2D eigenvalue weighted by Crippen LogP contribution is -2.11. The fourth-order valence-corrected chi connectivity index (χ4v) is 1.74. The molecule has 0 spiro atoms. The number of aromatic nitrogens is 1. The Hall–Kier alpha value is -2.27. The smallest absolute Gasteiger partial charge is 0.339 e. The van der Waals surface area contributed by atoms with Gasteiger partial charge in [0.2, 0.25) is 0 Å². The van der Waals surface area contributed by atoms with Gasteiger partial charge in [0, 0.05) is 18.4 Å². The third-order valence-electron chi connectivity index (χ3n) is 2.04. The molecule has 0 aliphatic rings. The number of hydrogen-bond donors (Lipinski definition) is 2. The van der Waals surface area contributed by atoms with E-state index >= 15 is 0 Å². The first-order chi connectivity index (χ1) is 9.06. The van der Waals surface area contributed by atoms with E-state index in [4.69, 9.17) is 11.5 Å². The molecule has 0 saturated carbocycles. The highest BCUT2D eigenvalue weighted by atomic mass is 32.2. The molecule has 0 aromatic carbocycles. The summed E-state index contributed by atoms with van der Waals surface area (Å²) in [5.41, 5.74) is -0.583. The molecule has 0 bridgehead atoms. The first-order valence-electron chi connectivity index (χ1n) is 5.19. The number of carbonyl (C=O) groups is 1. The number of anilines is 1. The summed E-state index contributed by atoms with van der Waals surface area (Å²) in [6, 6.07) is 0.978. The van der Waals surface area contributed by atoms with Crippen molar-refractivity contribution >= 4 is 29.2 Å². The number of nitrogens with zero attached hydrogens (tertiary/aromatic N) is 2. The molecule has 1 heterocycles. The van der Waals surface area contributed by atoms with Crippen molar-refractivity contribution in [3.05, 3.63) is 27.9 Å². The highest BCUT2D eigenvalue weighted by Gasteiger charge is 2.17. The molecule has 100 valence electrons. The van der Waals surface area contributed by atoms with Crippen molar-refractivity contribution in [3.63, 3.8) is 0 Å². The van der Waals surface area contributed by atoms with Gasteiger partial charge in [0.15, 0.2) is 0 Å². The van der Waals surface area contributed by atoms with Gasteiger partial charge in [0.1, 0.15) is 17.6 Å². The van der Waals surface area contributed by atoms with Gasteiger partial charge < -0.3 is 10.4 Å². The molecule has 0 atom stereocenters. The van der Waals surface area contributed by atoms with Crippen LogP contribution in [0.4, 0.5) is 11.5 Å². The van der Waals surface area contributed by atoms with Gasteiger partial charge in [-0.05, 0) is 0 Å². The van der Waals surface area contributed by atoms with E-state index in [0.29, 0.717) is 18.1 Å². The van der Waals surface area contributed by atoms with E-state index in [1.165, 1.54) is 11.8 Å². The number of nitro groups is 1. The quantitative estimate of drug-likeness (QED) is 0.337. The van der Waals surface area contributed by atoms with Crippen molar-refractivity contribution in [2.45, 2.75) is 0 Å². The maximum atomic E-state index is 11.0. The third kappa shape index (κ3) is 4.48. The highest BCUT2D eigenvalue weighted by molar-refractivity contribution is 7.99. The highest BCUT2D eigenvalue weighted by Crippen LogP contribution is 2.19. The molecule has 0 aliphatic carbocycles. The molecule has 7 nitrogen and oxygen atoms in total. The van der Waals surface area contributed by atoms with Crippen LogP contribution >= 0.6 is 11.8 Å². The lowest BCUT2D eigenvalue weighted by molar-refractivity contribution is -0.385. The van der Waals surface area contributed by atoms with Crippen LogP contribution in [-0.4, -0.2) is 39.0 Å². The molecular formula is C11H11N3O4S. The lowest BCUT2D eigenvalue weighted by atomic mass is 10.2. The third-order valence-corrected chi connectivity index (χ3v) is 2.90. The molecule has 0 radical (unpaired) electrons. The van der Waals surface area contributed by atoms with E-state index in [-0.39, 0.29) is 17.1 Å². The van der Waals surface area contributed by atoms with Crippen molar-refractivity contribution < 1.29 is 14.8 Å². The Morgan fingerprint density at radius 2 is 2.42 bits per heavy atom. The maximum Gasteiger partial charge on any atom is 0.339 e. The van der Waals surface area contributed by atoms with E-state index < -0.39 is 10.9 Å². The van der Waals surface area contributed by atoms with Crippen LogP contribution in [0, 0.1) is 22.5 Å². The number of carboxylic acids is 1. The monoisotopic (exact) mass is 281 g/mol. The van der Waals surface area contributed by atoms with E-state index in [2.05, 4.69) is 16.2 Å². The normalized spacial score (nSPS) is 9.63. The zero-order chi connectivity index (χ0) is 14.3. The second-order valence-electron chi connectivity index (χ2n) is 3.34. The number of thioether (sulfide) groups is 1. The van der Waals surface area contributed by atoms with Gasteiger partial charge in [0.05, 0.1) is 10.7 Å². The minimum atomic E-state index is -1.27. The van der Waals surface area contributed by atoms with Crippen LogP contribution in [0.3, 0.4) is 0 Å². The molecule has 1 rings (SSSR count). The van der Waals surface area contributed by atoms with Gasteiger partial charge in [0.25, 0.3) is 5.69 Å². The Morgan fingerprint density at radius 1 is 1.68 bits per heavy atom. The molecular weight excluding hydrogens is 270 g/mol. The van der Waals surface area contributed by atoms with Gasteiger partial charge in [-0.2, -0.15) is 0 Å². The minimum absolute atomic E-state index is 0.111. The zero-order valence-corrected chi connectivity index (χ0v) is 10.6. The van der Waals surface area contributed by atoms with E-state index in [9.17, 15) is 14.9 Å². The first kappa shape index (κ1) is 14.8. The average molecular weight is 281 g/mol. The molecule has 0 aliphatic heterocycles. The fourth-order valence-electron chi connectivity index (χ4n) is 1.23. The maximum absolute atomic E-state index is 11.0. The topological polar surface area (TPSA) is 105 Å². The van der Waals surface area contributed by atoms with Crippen LogP contribution in [0.1, 0.15) is 10.4 Å². The van der Waals surface area contributed by atoms with Crippen LogP contribution in [0.15, 0.2) is 12.3 Å². The zero-order valence-electron chi connectivity index (χ0n) is 9.83. The van der Waals surface area contributed by atoms with Crippen molar-refractivity contribution in [1.82, 2.24) is 4.98 Å². The number of carboxylic acid groups (broad SMARTS) is 1. The Morgan fingerprint density at radius 3 is 3.00 bits per heavy atom. The van der Waals surface area contributed by atoms with Crippen LogP contribution in [-0.2, 0) is 0 Å². The SMILES string of the molecule is C#CCSCCNc1ncc([N+](=O)[O-])cc1C(=O)O. The van der Waals surface area contributed by atoms with Crippen LogP contribution in [0.2, 0.25) is 0 Å². The minimum Gasteiger partial charge on any atom is -0.478 e. The van der Waals surface area contributed by atoms with Crippen LogP contribution < -0.4 is 5.32 Å². The summed E-state index contributed by atoms with van der Waals surface area (Å²) < 4.78 is 0.